The van der Waals surface area contributed by atoms with Gasteiger partial charge in [0, 0.05) is 22.5 Å². The lowest BCUT2D eigenvalue weighted by Crippen LogP contribution is -2.43. The number of carbonyl (C=O) groups is 3. The number of methoxy groups -OCH3 is 1. The van der Waals surface area contributed by atoms with Crippen molar-refractivity contribution in [3.63, 3.8) is 0 Å². The van der Waals surface area contributed by atoms with Crippen LogP contribution in [0.3, 0.4) is 0 Å². The highest BCUT2D eigenvalue weighted by Crippen LogP contribution is 2.46. The van der Waals surface area contributed by atoms with Crippen LogP contribution in [0.15, 0.2) is 77.1 Å². The molecule has 1 N–H and O–H groups in total. The fourth-order valence-electron chi connectivity index (χ4n) is 4.77. The Labute approximate surface area is 197 Å². The van der Waals surface area contributed by atoms with Gasteiger partial charge < -0.3 is 14.8 Å². The number of esters is 2. The van der Waals surface area contributed by atoms with Gasteiger partial charge in [-0.2, -0.15) is 0 Å². The minimum atomic E-state index is -1.03. The highest BCUT2D eigenvalue weighted by molar-refractivity contribution is 6.12. The summed E-state index contributed by atoms with van der Waals surface area (Å²) in [4.78, 5) is 39.4. The Morgan fingerprint density at radius 2 is 1.76 bits per heavy atom. The lowest BCUT2D eigenvalue weighted by Gasteiger charge is -2.38. The molecule has 176 valence electrons. The molecule has 0 spiro atoms. The second-order valence-electron chi connectivity index (χ2n) is 8.62. The molecular weight excluding hydrogens is 437 g/mol. The molecule has 0 aromatic heterocycles. The van der Waals surface area contributed by atoms with Crippen molar-refractivity contribution >= 4 is 17.7 Å². The molecule has 0 bridgehead atoms. The van der Waals surface area contributed by atoms with Gasteiger partial charge in [-0.1, -0.05) is 55.5 Å². The van der Waals surface area contributed by atoms with E-state index >= 15 is 4.39 Å². The molecule has 2 aromatic carbocycles. The number of hydrogen-bond donors (Lipinski definition) is 1. The molecule has 1 heterocycles. The zero-order valence-corrected chi connectivity index (χ0v) is 19.3. The van der Waals surface area contributed by atoms with E-state index < -0.39 is 35.4 Å². The number of benzene rings is 2. The highest BCUT2D eigenvalue weighted by Gasteiger charge is 2.47. The lowest BCUT2D eigenvalue weighted by molar-refractivity contribution is -0.151. The van der Waals surface area contributed by atoms with E-state index in [9.17, 15) is 14.4 Å². The van der Waals surface area contributed by atoms with E-state index in [2.05, 4.69) is 5.32 Å². The van der Waals surface area contributed by atoms with E-state index in [1.165, 1.54) is 13.2 Å². The van der Waals surface area contributed by atoms with E-state index in [-0.39, 0.29) is 29.2 Å². The largest absolute Gasteiger partial charge is 0.468 e. The Balaban J connectivity index is 1.78. The van der Waals surface area contributed by atoms with Crippen molar-refractivity contribution in [3.05, 3.63) is 94.1 Å². The Morgan fingerprint density at radius 3 is 2.44 bits per heavy atom. The number of carbonyl (C=O) groups excluding carboxylic acids is 3. The van der Waals surface area contributed by atoms with Gasteiger partial charge in [-0.3, -0.25) is 9.59 Å². The standard InChI is InChI=1S/C27H26FNO5/c1-15-13-20-24(25(30)21(15)26(31)33-3)23(18-11-7-8-12-19(18)28)22(16(2)29-20)27(32)34-14-17-9-5-4-6-10-17/h4-12,15,21,23,29H,13-14H2,1-3H3/t15-,21+,23-/m1/s1. The molecule has 0 saturated heterocycles. The minimum Gasteiger partial charge on any atom is -0.468 e. The van der Waals surface area contributed by atoms with Gasteiger partial charge in [0.1, 0.15) is 18.3 Å². The van der Waals surface area contributed by atoms with Crippen molar-refractivity contribution in [2.75, 3.05) is 7.11 Å². The first-order chi connectivity index (χ1) is 16.3. The van der Waals surface area contributed by atoms with Crippen LogP contribution in [-0.4, -0.2) is 24.8 Å². The maximum absolute atomic E-state index is 15.1. The fourth-order valence-corrected chi connectivity index (χ4v) is 4.77. The molecule has 0 saturated carbocycles. The number of ether oxygens (including phenoxy) is 2. The molecule has 3 atom stereocenters. The molecular formula is C27H26FNO5. The zero-order valence-electron chi connectivity index (χ0n) is 19.3. The van der Waals surface area contributed by atoms with Gasteiger partial charge in [0.2, 0.25) is 0 Å². The molecule has 0 unspecified atom stereocenters. The number of nitrogens with one attached hydrogen (secondary N) is 1. The van der Waals surface area contributed by atoms with Crippen LogP contribution in [0.4, 0.5) is 4.39 Å². The van der Waals surface area contributed by atoms with Crippen LogP contribution >= 0.6 is 0 Å². The molecule has 7 heteroatoms. The Kier molecular flexibility index (Phi) is 6.63. The van der Waals surface area contributed by atoms with Crippen molar-refractivity contribution in [1.29, 1.82) is 0 Å². The molecule has 2 aliphatic rings. The summed E-state index contributed by atoms with van der Waals surface area (Å²) in [6, 6.07) is 15.2. The van der Waals surface area contributed by atoms with E-state index in [1.807, 2.05) is 30.3 Å². The quantitative estimate of drug-likeness (QED) is 0.529. The molecule has 34 heavy (non-hydrogen) atoms. The summed E-state index contributed by atoms with van der Waals surface area (Å²) in [7, 11) is 1.23. The minimum absolute atomic E-state index is 0.0299. The summed E-state index contributed by atoms with van der Waals surface area (Å²) in [5.41, 5.74) is 2.40. The van der Waals surface area contributed by atoms with Gasteiger partial charge in [-0.25, -0.2) is 9.18 Å². The molecule has 2 aromatic rings. The van der Waals surface area contributed by atoms with Crippen molar-refractivity contribution in [1.82, 2.24) is 5.32 Å². The van der Waals surface area contributed by atoms with Gasteiger partial charge in [0.15, 0.2) is 5.78 Å². The van der Waals surface area contributed by atoms with Crippen LogP contribution in [-0.2, 0) is 30.5 Å². The molecule has 4 rings (SSSR count). The van der Waals surface area contributed by atoms with Crippen LogP contribution in [0.5, 0.6) is 0 Å². The summed E-state index contributed by atoms with van der Waals surface area (Å²) >= 11 is 0. The van der Waals surface area contributed by atoms with E-state index in [1.54, 1.807) is 32.0 Å². The first kappa shape index (κ1) is 23.4. The third-order valence-corrected chi connectivity index (χ3v) is 6.39. The number of halogens is 1. The number of Topliss-reactive ketones (excluding diaryl/α,β-unsaturated/α-hetero) is 1. The van der Waals surface area contributed by atoms with Crippen LogP contribution in [0.2, 0.25) is 0 Å². The Bertz CT molecular complexity index is 1200. The van der Waals surface area contributed by atoms with Gasteiger partial charge in [0.25, 0.3) is 0 Å². The first-order valence-corrected chi connectivity index (χ1v) is 11.1. The normalized spacial score (nSPS) is 22.1. The number of rotatable bonds is 5. The Hall–Kier alpha value is -3.74. The maximum atomic E-state index is 15.1. The number of ketones is 1. The number of allylic oxidation sites excluding steroid dienone is 3. The van der Waals surface area contributed by atoms with E-state index in [4.69, 9.17) is 9.47 Å². The summed E-state index contributed by atoms with van der Waals surface area (Å²) in [6.45, 7) is 3.53. The summed E-state index contributed by atoms with van der Waals surface area (Å²) in [5.74, 6) is -4.67. The molecule has 6 nitrogen and oxygen atoms in total. The summed E-state index contributed by atoms with van der Waals surface area (Å²) in [5, 5.41) is 3.17. The SMILES string of the molecule is COC(=O)[C@@H]1C(=O)C2=C(C[C@H]1C)NC(C)=C(C(=O)OCc1ccccc1)[C@H]2c1ccccc1F. The lowest BCUT2D eigenvalue weighted by atomic mass is 9.69. The number of dihydropyridines is 1. The second-order valence-corrected chi connectivity index (χ2v) is 8.62. The molecule has 0 radical (unpaired) electrons. The van der Waals surface area contributed by atoms with Crippen molar-refractivity contribution < 1.29 is 28.2 Å². The Morgan fingerprint density at radius 1 is 1.09 bits per heavy atom. The molecule has 0 fully saturated rings. The van der Waals surface area contributed by atoms with Crippen LogP contribution < -0.4 is 5.32 Å². The van der Waals surface area contributed by atoms with Gasteiger partial charge in [0.05, 0.1) is 18.6 Å². The van der Waals surface area contributed by atoms with Crippen molar-refractivity contribution in [2.45, 2.75) is 32.8 Å². The smallest absolute Gasteiger partial charge is 0.337 e. The van der Waals surface area contributed by atoms with Gasteiger partial charge in [-0.05, 0) is 30.9 Å². The van der Waals surface area contributed by atoms with Crippen LogP contribution in [0, 0.1) is 17.7 Å². The monoisotopic (exact) mass is 463 g/mol. The second kappa shape index (κ2) is 9.63. The van der Waals surface area contributed by atoms with Crippen LogP contribution in [0.1, 0.15) is 37.3 Å². The predicted octanol–water partition coefficient (Wildman–Crippen LogP) is 4.18. The third-order valence-electron chi connectivity index (χ3n) is 6.39. The highest BCUT2D eigenvalue weighted by atomic mass is 19.1. The van der Waals surface area contributed by atoms with Gasteiger partial charge in [-0.15, -0.1) is 0 Å². The predicted molar refractivity (Wildman–Crippen MR) is 123 cm³/mol. The topological polar surface area (TPSA) is 81.7 Å². The molecule has 1 aliphatic carbocycles. The third kappa shape index (κ3) is 4.25. The maximum Gasteiger partial charge on any atom is 0.337 e. The molecule has 1 aliphatic heterocycles. The van der Waals surface area contributed by atoms with E-state index in [0.717, 1.165) is 5.56 Å². The molecule has 0 amide bonds. The zero-order chi connectivity index (χ0) is 24.4. The fraction of sp³-hybridized carbons (Fsp3) is 0.296. The summed E-state index contributed by atoms with van der Waals surface area (Å²) < 4.78 is 25.5. The summed E-state index contributed by atoms with van der Waals surface area (Å²) in [6.07, 6.45) is 0.384. The average Bonchev–Trinajstić information content (AvgIpc) is 2.82. The van der Waals surface area contributed by atoms with Crippen molar-refractivity contribution in [3.8, 4) is 0 Å². The number of hydrogen-bond acceptors (Lipinski definition) is 6. The van der Waals surface area contributed by atoms with E-state index in [0.29, 0.717) is 17.8 Å². The average molecular weight is 464 g/mol. The first-order valence-electron chi connectivity index (χ1n) is 11.1. The van der Waals surface area contributed by atoms with Crippen molar-refractivity contribution in [2.24, 2.45) is 11.8 Å². The van der Waals surface area contributed by atoms with Crippen LogP contribution in [0.25, 0.3) is 0 Å². The van der Waals surface area contributed by atoms with Gasteiger partial charge >= 0.3 is 11.9 Å².